The van der Waals surface area contributed by atoms with Gasteiger partial charge in [0, 0.05) is 6.54 Å². The summed E-state index contributed by atoms with van der Waals surface area (Å²) in [5.74, 6) is 0.129. The zero-order chi connectivity index (χ0) is 14.1. The van der Waals surface area contributed by atoms with Crippen molar-refractivity contribution < 1.29 is 4.79 Å². The Hall–Kier alpha value is -1.31. The van der Waals surface area contributed by atoms with E-state index in [1.54, 1.807) is 0 Å². The molecule has 0 heterocycles. The van der Waals surface area contributed by atoms with E-state index in [0.29, 0.717) is 5.41 Å². The van der Waals surface area contributed by atoms with Crippen molar-refractivity contribution in [3.05, 3.63) is 35.4 Å². The maximum atomic E-state index is 12.4. The third-order valence-electron chi connectivity index (χ3n) is 4.58. The quantitative estimate of drug-likeness (QED) is 0.880. The Balaban J connectivity index is 2.01. The Labute approximate surface area is 116 Å². The van der Waals surface area contributed by atoms with Crippen molar-refractivity contribution in [3.63, 3.8) is 0 Å². The van der Waals surface area contributed by atoms with Crippen molar-refractivity contribution in [1.29, 1.82) is 0 Å². The average molecular weight is 259 g/mol. The number of benzene rings is 1. The number of aryl methyl sites for hydroxylation is 1. The summed E-state index contributed by atoms with van der Waals surface area (Å²) in [6, 6.07) is 8.25. The lowest BCUT2D eigenvalue weighted by Gasteiger charge is -2.39. The van der Waals surface area contributed by atoms with E-state index in [0.717, 1.165) is 12.1 Å². The summed E-state index contributed by atoms with van der Waals surface area (Å²) in [5, 5.41) is 3.14. The summed E-state index contributed by atoms with van der Waals surface area (Å²) in [5.41, 5.74) is 2.17. The molecule has 0 atom stereocenters. The summed E-state index contributed by atoms with van der Waals surface area (Å²) in [7, 11) is 0. The highest BCUT2D eigenvalue weighted by Gasteiger charge is 2.35. The molecule has 1 aromatic rings. The van der Waals surface area contributed by atoms with Crippen LogP contribution in [0.2, 0.25) is 0 Å². The molecule has 1 fully saturated rings. The first-order valence-electron chi connectivity index (χ1n) is 7.19. The van der Waals surface area contributed by atoms with E-state index in [2.05, 4.69) is 43.4 Å². The summed E-state index contributed by atoms with van der Waals surface area (Å²) in [6.07, 6.45) is 3.77. The molecular weight excluding hydrogens is 234 g/mol. The van der Waals surface area contributed by atoms with Crippen molar-refractivity contribution in [2.45, 2.75) is 52.4 Å². The zero-order valence-corrected chi connectivity index (χ0v) is 12.5. The maximum Gasteiger partial charge on any atom is 0.230 e. The van der Waals surface area contributed by atoms with Gasteiger partial charge in [0.25, 0.3) is 0 Å². The highest BCUT2D eigenvalue weighted by atomic mass is 16.2. The van der Waals surface area contributed by atoms with Crippen molar-refractivity contribution in [2.75, 3.05) is 6.54 Å². The summed E-state index contributed by atoms with van der Waals surface area (Å²) >= 11 is 0. The van der Waals surface area contributed by atoms with E-state index in [-0.39, 0.29) is 5.91 Å². The Morgan fingerprint density at radius 1 is 1.26 bits per heavy atom. The number of carbonyl (C=O) groups excluding carboxylic acids is 1. The van der Waals surface area contributed by atoms with Crippen LogP contribution >= 0.6 is 0 Å². The molecule has 1 amide bonds. The molecule has 1 aliphatic rings. The van der Waals surface area contributed by atoms with E-state index < -0.39 is 5.41 Å². The highest BCUT2D eigenvalue weighted by molar-refractivity contribution is 5.87. The van der Waals surface area contributed by atoms with Crippen LogP contribution in [0.3, 0.4) is 0 Å². The molecule has 1 saturated carbocycles. The lowest BCUT2D eigenvalue weighted by Crippen LogP contribution is -2.46. The Morgan fingerprint density at radius 2 is 1.84 bits per heavy atom. The van der Waals surface area contributed by atoms with Gasteiger partial charge in [-0.2, -0.15) is 0 Å². The van der Waals surface area contributed by atoms with Gasteiger partial charge in [-0.15, -0.1) is 0 Å². The van der Waals surface area contributed by atoms with E-state index in [1.165, 1.54) is 24.8 Å². The van der Waals surface area contributed by atoms with Gasteiger partial charge < -0.3 is 5.32 Å². The number of hydrogen-bond donors (Lipinski definition) is 1. The Morgan fingerprint density at radius 3 is 2.32 bits per heavy atom. The predicted molar refractivity (Wildman–Crippen MR) is 79.2 cm³/mol. The zero-order valence-electron chi connectivity index (χ0n) is 12.5. The first-order chi connectivity index (χ1) is 8.83. The molecule has 0 saturated heterocycles. The van der Waals surface area contributed by atoms with Gasteiger partial charge in [0.1, 0.15) is 0 Å². The van der Waals surface area contributed by atoms with Crippen LogP contribution < -0.4 is 5.32 Å². The molecule has 104 valence electrons. The first-order valence-corrected chi connectivity index (χ1v) is 7.19. The largest absolute Gasteiger partial charge is 0.355 e. The fourth-order valence-electron chi connectivity index (χ4n) is 2.57. The smallest absolute Gasteiger partial charge is 0.230 e. The van der Waals surface area contributed by atoms with Crippen molar-refractivity contribution in [1.82, 2.24) is 5.32 Å². The van der Waals surface area contributed by atoms with Crippen LogP contribution in [0.5, 0.6) is 0 Å². The first kappa shape index (κ1) is 14.1. The minimum atomic E-state index is -0.464. The van der Waals surface area contributed by atoms with Crippen LogP contribution in [0.15, 0.2) is 24.3 Å². The van der Waals surface area contributed by atoms with Crippen LogP contribution in [0.25, 0.3) is 0 Å². The van der Waals surface area contributed by atoms with Gasteiger partial charge >= 0.3 is 0 Å². The van der Waals surface area contributed by atoms with Gasteiger partial charge in [0.05, 0.1) is 5.41 Å². The van der Waals surface area contributed by atoms with Crippen molar-refractivity contribution in [3.8, 4) is 0 Å². The van der Waals surface area contributed by atoms with E-state index in [4.69, 9.17) is 0 Å². The second kappa shape index (κ2) is 4.99. The second-order valence-electron chi connectivity index (χ2n) is 6.84. The molecule has 1 aliphatic carbocycles. The molecule has 2 heteroatoms. The molecular formula is C17H25NO. The monoisotopic (exact) mass is 259 g/mol. The summed E-state index contributed by atoms with van der Waals surface area (Å²) in [4.78, 5) is 12.4. The molecule has 0 spiro atoms. The van der Waals surface area contributed by atoms with Gasteiger partial charge in [-0.3, -0.25) is 4.79 Å². The number of hydrogen-bond acceptors (Lipinski definition) is 1. The van der Waals surface area contributed by atoms with Crippen LogP contribution in [-0.4, -0.2) is 12.5 Å². The van der Waals surface area contributed by atoms with Crippen LogP contribution in [0.4, 0.5) is 0 Å². The van der Waals surface area contributed by atoms with Crippen LogP contribution in [-0.2, 0) is 10.2 Å². The lowest BCUT2D eigenvalue weighted by atomic mass is 9.70. The lowest BCUT2D eigenvalue weighted by molar-refractivity contribution is -0.126. The van der Waals surface area contributed by atoms with Gasteiger partial charge in [-0.05, 0) is 44.6 Å². The summed E-state index contributed by atoms with van der Waals surface area (Å²) < 4.78 is 0. The molecule has 0 aliphatic heterocycles. The standard InChI is InChI=1S/C17H25NO/c1-13-6-8-14(9-7-13)16(2,3)15(19)18-12-17(4)10-5-11-17/h6-9H,5,10-12H2,1-4H3,(H,18,19). The van der Waals surface area contributed by atoms with Crippen molar-refractivity contribution >= 4 is 5.91 Å². The number of amides is 1. The molecule has 1 N–H and O–H groups in total. The molecule has 2 nitrogen and oxygen atoms in total. The predicted octanol–water partition coefficient (Wildman–Crippen LogP) is 3.58. The topological polar surface area (TPSA) is 29.1 Å². The van der Waals surface area contributed by atoms with Gasteiger partial charge in [-0.1, -0.05) is 43.2 Å². The van der Waals surface area contributed by atoms with Crippen molar-refractivity contribution in [2.24, 2.45) is 5.41 Å². The second-order valence-corrected chi connectivity index (χ2v) is 6.84. The molecule has 0 unspecified atom stereocenters. The third-order valence-corrected chi connectivity index (χ3v) is 4.58. The fraction of sp³-hybridized carbons (Fsp3) is 0.588. The highest BCUT2D eigenvalue weighted by Crippen LogP contribution is 2.39. The van der Waals surface area contributed by atoms with E-state index >= 15 is 0 Å². The molecule has 0 radical (unpaired) electrons. The van der Waals surface area contributed by atoms with Gasteiger partial charge in [-0.25, -0.2) is 0 Å². The maximum absolute atomic E-state index is 12.4. The molecule has 1 aromatic carbocycles. The fourth-order valence-corrected chi connectivity index (χ4v) is 2.57. The number of nitrogens with one attached hydrogen (secondary N) is 1. The average Bonchev–Trinajstić information content (AvgIpc) is 2.34. The molecule has 19 heavy (non-hydrogen) atoms. The Kier molecular flexibility index (Phi) is 3.71. The van der Waals surface area contributed by atoms with Gasteiger partial charge in [0.15, 0.2) is 0 Å². The number of rotatable bonds is 4. The van der Waals surface area contributed by atoms with E-state index in [9.17, 15) is 4.79 Å². The number of carbonyl (C=O) groups is 1. The molecule has 0 bridgehead atoms. The van der Waals surface area contributed by atoms with Crippen LogP contribution in [0, 0.1) is 12.3 Å². The molecule has 0 aromatic heterocycles. The SMILES string of the molecule is Cc1ccc(C(C)(C)C(=O)NCC2(C)CCC2)cc1. The summed E-state index contributed by atoms with van der Waals surface area (Å²) in [6.45, 7) is 9.12. The normalized spacial score (nSPS) is 17.7. The van der Waals surface area contributed by atoms with E-state index in [1.807, 2.05) is 13.8 Å². The molecule has 2 rings (SSSR count). The minimum absolute atomic E-state index is 0.129. The van der Waals surface area contributed by atoms with Crippen LogP contribution in [0.1, 0.15) is 51.2 Å². The Bertz CT molecular complexity index is 455. The van der Waals surface area contributed by atoms with Gasteiger partial charge in [0.2, 0.25) is 5.91 Å². The minimum Gasteiger partial charge on any atom is -0.355 e. The third kappa shape index (κ3) is 2.99.